The number of nitrogens with zero attached hydrogens (tertiary/aromatic N) is 4. The van der Waals surface area contributed by atoms with Gasteiger partial charge in [-0.2, -0.15) is 0 Å². The van der Waals surface area contributed by atoms with Crippen molar-refractivity contribution >= 4 is 17.0 Å². The SMILES string of the molecule is CC1CCCCN1CCCn1c(N)nc2cnccc21. The lowest BCUT2D eigenvalue weighted by atomic mass is 10.0. The Hall–Kier alpha value is -1.62. The van der Waals surface area contributed by atoms with Crippen molar-refractivity contribution in [1.29, 1.82) is 0 Å². The Balaban J connectivity index is 1.63. The second-order valence-corrected chi connectivity index (χ2v) is 5.72. The highest BCUT2D eigenvalue weighted by Gasteiger charge is 2.17. The lowest BCUT2D eigenvalue weighted by Gasteiger charge is -2.33. The largest absolute Gasteiger partial charge is 0.369 e. The fraction of sp³-hybridized carbons (Fsp3) is 0.600. The number of fused-ring (bicyclic) bond motifs is 1. The number of aryl methyl sites for hydroxylation is 1. The van der Waals surface area contributed by atoms with Gasteiger partial charge in [0.05, 0.1) is 11.7 Å². The van der Waals surface area contributed by atoms with Gasteiger partial charge >= 0.3 is 0 Å². The molecular formula is C15H23N5. The van der Waals surface area contributed by atoms with E-state index in [1.165, 1.54) is 25.8 Å². The average Bonchev–Trinajstić information content (AvgIpc) is 2.77. The van der Waals surface area contributed by atoms with Crippen molar-refractivity contribution < 1.29 is 0 Å². The first-order valence-electron chi connectivity index (χ1n) is 7.55. The molecule has 2 aromatic heterocycles. The molecular weight excluding hydrogens is 250 g/mol. The van der Waals surface area contributed by atoms with Crippen LogP contribution in [0.4, 0.5) is 5.95 Å². The molecule has 1 atom stereocenters. The van der Waals surface area contributed by atoms with Crippen LogP contribution in [0.1, 0.15) is 32.6 Å². The zero-order valence-electron chi connectivity index (χ0n) is 12.1. The second-order valence-electron chi connectivity index (χ2n) is 5.72. The minimum absolute atomic E-state index is 0.597. The van der Waals surface area contributed by atoms with Crippen LogP contribution >= 0.6 is 0 Å². The summed E-state index contributed by atoms with van der Waals surface area (Å²) < 4.78 is 2.10. The van der Waals surface area contributed by atoms with E-state index in [-0.39, 0.29) is 0 Å². The topological polar surface area (TPSA) is 60.0 Å². The van der Waals surface area contributed by atoms with E-state index in [2.05, 4.69) is 26.4 Å². The molecule has 108 valence electrons. The number of hydrogen-bond donors (Lipinski definition) is 1. The van der Waals surface area contributed by atoms with Gasteiger partial charge in [-0.25, -0.2) is 4.98 Å². The fourth-order valence-electron chi connectivity index (χ4n) is 3.16. The standard InChI is InChI=1S/C15H23N5/c1-12-5-2-3-8-19(12)9-4-10-20-14-6-7-17-11-13(14)18-15(20)16/h6-7,11-12H,2-5,8-10H2,1H3,(H2,16,18). The van der Waals surface area contributed by atoms with E-state index in [9.17, 15) is 0 Å². The van der Waals surface area contributed by atoms with Crippen molar-refractivity contribution in [2.75, 3.05) is 18.8 Å². The molecule has 0 aliphatic carbocycles. The molecule has 2 N–H and O–H groups in total. The molecule has 1 aliphatic rings. The molecule has 1 fully saturated rings. The summed E-state index contributed by atoms with van der Waals surface area (Å²) in [5, 5.41) is 0. The van der Waals surface area contributed by atoms with Crippen LogP contribution < -0.4 is 5.73 Å². The average molecular weight is 273 g/mol. The quantitative estimate of drug-likeness (QED) is 0.928. The lowest BCUT2D eigenvalue weighted by Crippen LogP contribution is -2.38. The predicted octanol–water partition coefficient (Wildman–Crippen LogP) is 2.28. The molecule has 0 saturated carbocycles. The van der Waals surface area contributed by atoms with Crippen LogP contribution in [0.5, 0.6) is 0 Å². The Kier molecular flexibility index (Phi) is 3.87. The van der Waals surface area contributed by atoms with Gasteiger partial charge in [-0.1, -0.05) is 6.42 Å². The van der Waals surface area contributed by atoms with Gasteiger partial charge < -0.3 is 15.2 Å². The van der Waals surface area contributed by atoms with E-state index in [0.717, 1.165) is 36.6 Å². The first-order chi connectivity index (χ1) is 9.75. The molecule has 0 aromatic carbocycles. The smallest absolute Gasteiger partial charge is 0.201 e. The molecule has 0 spiro atoms. The second kappa shape index (κ2) is 5.79. The maximum atomic E-state index is 6.01. The maximum Gasteiger partial charge on any atom is 0.201 e. The van der Waals surface area contributed by atoms with Gasteiger partial charge in [0.25, 0.3) is 0 Å². The van der Waals surface area contributed by atoms with E-state index in [1.54, 1.807) is 12.4 Å². The van der Waals surface area contributed by atoms with Crippen LogP contribution in [0.25, 0.3) is 11.0 Å². The molecule has 2 aromatic rings. The predicted molar refractivity (Wildman–Crippen MR) is 81.4 cm³/mol. The summed E-state index contributed by atoms with van der Waals surface area (Å²) in [6, 6.07) is 2.71. The van der Waals surface area contributed by atoms with E-state index >= 15 is 0 Å². The van der Waals surface area contributed by atoms with Crippen LogP contribution in [-0.4, -0.2) is 38.6 Å². The van der Waals surface area contributed by atoms with Crippen molar-refractivity contribution in [2.45, 2.75) is 45.2 Å². The van der Waals surface area contributed by atoms with Crippen LogP contribution in [0, 0.1) is 0 Å². The number of hydrogen-bond acceptors (Lipinski definition) is 4. The molecule has 1 aliphatic heterocycles. The minimum atomic E-state index is 0.597. The van der Waals surface area contributed by atoms with Crippen molar-refractivity contribution in [3.8, 4) is 0 Å². The Morgan fingerprint density at radius 2 is 2.25 bits per heavy atom. The van der Waals surface area contributed by atoms with E-state index in [0.29, 0.717) is 5.95 Å². The summed E-state index contributed by atoms with van der Waals surface area (Å²) in [6.45, 7) is 5.65. The van der Waals surface area contributed by atoms with Gasteiger partial charge in [0, 0.05) is 25.3 Å². The molecule has 1 saturated heterocycles. The Labute approximate surface area is 119 Å². The number of imidazole rings is 1. The fourth-order valence-corrected chi connectivity index (χ4v) is 3.16. The molecule has 0 radical (unpaired) electrons. The molecule has 5 nitrogen and oxygen atoms in total. The molecule has 20 heavy (non-hydrogen) atoms. The van der Waals surface area contributed by atoms with Gasteiger partial charge in [-0.15, -0.1) is 0 Å². The molecule has 0 amide bonds. The van der Waals surface area contributed by atoms with Crippen LogP contribution in [-0.2, 0) is 6.54 Å². The van der Waals surface area contributed by atoms with Crippen molar-refractivity contribution in [1.82, 2.24) is 19.4 Å². The summed E-state index contributed by atoms with van der Waals surface area (Å²) in [4.78, 5) is 11.0. The number of nitrogens with two attached hydrogens (primary N) is 1. The third kappa shape index (κ3) is 2.63. The number of nitrogen functional groups attached to an aromatic ring is 1. The van der Waals surface area contributed by atoms with Crippen LogP contribution in [0.15, 0.2) is 18.5 Å². The number of piperidine rings is 1. The highest BCUT2D eigenvalue weighted by atomic mass is 15.2. The summed E-state index contributed by atoms with van der Waals surface area (Å²) >= 11 is 0. The summed E-state index contributed by atoms with van der Waals surface area (Å²) in [7, 11) is 0. The van der Waals surface area contributed by atoms with Gasteiger partial charge in [-0.3, -0.25) is 4.98 Å². The lowest BCUT2D eigenvalue weighted by molar-refractivity contribution is 0.157. The number of aromatic nitrogens is 3. The molecule has 3 heterocycles. The Morgan fingerprint density at radius 1 is 1.35 bits per heavy atom. The first-order valence-corrected chi connectivity index (χ1v) is 7.55. The summed E-state index contributed by atoms with van der Waals surface area (Å²) in [5.41, 5.74) is 7.98. The third-order valence-electron chi connectivity index (χ3n) is 4.35. The highest BCUT2D eigenvalue weighted by molar-refractivity contribution is 5.76. The number of rotatable bonds is 4. The van der Waals surface area contributed by atoms with E-state index < -0.39 is 0 Å². The number of likely N-dealkylation sites (tertiary alicyclic amines) is 1. The number of anilines is 1. The highest BCUT2D eigenvalue weighted by Crippen LogP contribution is 2.19. The Morgan fingerprint density at radius 3 is 3.10 bits per heavy atom. The zero-order valence-corrected chi connectivity index (χ0v) is 12.1. The van der Waals surface area contributed by atoms with Crippen molar-refractivity contribution in [3.63, 3.8) is 0 Å². The summed E-state index contributed by atoms with van der Waals surface area (Å²) in [6.07, 6.45) is 8.74. The van der Waals surface area contributed by atoms with Crippen LogP contribution in [0.3, 0.4) is 0 Å². The molecule has 0 bridgehead atoms. The first kappa shape index (κ1) is 13.4. The minimum Gasteiger partial charge on any atom is -0.369 e. The molecule has 3 rings (SSSR count). The van der Waals surface area contributed by atoms with E-state index in [1.807, 2.05) is 6.07 Å². The third-order valence-corrected chi connectivity index (χ3v) is 4.35. The van der Waals surface area contributed by atoms with Gasteiger partial charge in [0.15, 0.2) is 0 Å². The van der Waals surface area contributed by atoms with E-state index in [4.69, 9.17) is 5.73 Å². The van der Waals surface area contributed by atoms with Crippen molar-refractivity contribution in [3.05, 3.63) is 18.5 Å². The Bertz CT molecular complexity index is 577. The maximum absolute atomic E-state index is 6.01. The number of pyridine rings is 1. The van der Waals surface area contributed by atoms with Gasteiger partial charge in [0.2, 0.25) is 5.95 Å². The summed E-state index contributed by atoms with van der Waals surface area (Å²) in [5.74, 6) is 0.597. The zero-order chi connectivity index (χ0) is 13.9. The van der Waals surface area contributed by atoms with Gasteiger partial charge in [0.1, 0.15) is 5.52 Å². The molecule has 1 unspecified atom stereocenters. The molecule has 5 heteroatoms. The van der Waals surface area contributed by atoms with Crippen LogP contribution in [0.2, 0.25) is 0 Å². The monoisotopic (exact) mass is 273 g/mol. The van der Waals surface area contributed by atoms with Crippen molar-refractivity contribution in [2.24, 2.45) is 0 Å². The van der Waals surface area contributed by atoms with Gasteiger partial charge in [-0.05, 0) is 38.8 Å². The normalized spacial score (nSPS) is 20.6.